The highest BCUT2D eigenvalue weighted by Gasteiger charge is 2.45. The zero-order valence-electron chi connectivity index (χ0n) is 25.7. The largest absolute Gasteiger partial charge is 0.497 e. The van der Waals surface area contributed by atoms with E-state index >= 15 is 0 Å². The summed E-state index contributed by atoms with van der Waals surface area (Å²) >= 11 is 5.99. The topological polar surface area (TPSA) is 140 Å². The first-order valence-electron chi connectivity index (χ1n) is 14.0. The van der Waals surface area contributed by atoms with E-state index in [2.05, 4.69) is 16.0 Å². The Bertz CT molecular complexity index is 1380. The zero-order chi connectivity index (χ0) is 34.1. The molecule has 0 fully saturated rings. The van der Waals surface area contributed by atoms with Crippen LogP contribution in [0.4, 0.5) is 13.2 Å². The zero-order valence-corrected chi connectivity index (χ0v) is 26.5. The molecule has 3 amide bonds. The van der Waals surface area contributed by atoms with Crippen LogP contribution in [0, 0.1) is 5.92 Å². The van der Waals surface area contributed by atoms with E-state index in [4.69, 9.17) is 21.1 Å². The first-order chi connectivity index (χ1) is 20.8. The fraction of sp³-hybridized carbons (Fsp3) is 0.452. The molecule has 0 saturated carbocycles. The molecule has 0 aliphatic carbocycles. The van der Waals surface area contributed by atoms with Crippen LogP contribution >= 0.6 is 11.6 Å². The number of nitrogens with one attached hydrogen (secondary N) is 3. The molecule has 246 valence electrons. The van der Waals surface area contributed by atoms with Crippen LogP contribution in [0.15, 0.2) is 48.5 Å². The van der Waals surface area contributed by atoms with Gasteiger partial charge in [0.2, 0.25) is 11.8 Å². The molecule has 3 atom stereocenters. The molecule has 14 heteroatoms. The van der Waals surface area contributed by atoms with Crippen molar-refractivity contribution in [1.82, 2.24) is 16.0 Å². The third kappa shape index (κ3) is 11.7. The van der Waals surface area contributed by atoms with E-state index in [1.54, 1.807) is 20.8 Å². The van der Waals surface area contributed by atoms with Gasteiger partial charge in [0.1, 0.15) is 23.4 Å². The van der Waals surface area contributed by atoms with Gasteiger partial charge in [-0.25, -0.2) is 0 Å². The van der Waals surface area contributed by atoms with Crippen LogP contribution in [0.2, 0.25) is 5.02 Å². The van der Waals surface area contributed by atoms with Gasteiger partial charge >= 0.3 is 12.1 Å². The monoisotopic (exact) mass is 655 g/mol. The van der Waals surface area contributed by atoms with Crippen LogP contribution in [0.1, 0.15) is 69.4 Å². The standard InChI is InChI=1S/C31H37ClF3N3O7/c1-17(2)24(26(40)31(33,34)35)37-29(43)25(18-10-12-21(44-6)13-11-18)38-28(42)22(14-15-23(39)45-30(3,4)5)36-27(41)19-8-7-9-20(32)16-19/h7-13,16-17,22,24-25H,14-15H2,1-6H3,(H,36,41)(H,37,43)(H,38,42). The van der Waals surface area contributed by atoms with Gasteiger partial charge in [-0.15, -0.1) is 0 Å². The number of esters is 1. The molecule has 0 aliphatic rings. The molecule has 3 unspecified atom stereocenters. The number of hydrogen-bond acceptors (Lipinski definition) is 7. The highest BCUT2D eigenvalue weighted by molar-refractivity contribution is 6.31. The summed E-state index contributed by atoms with van der Waals surface area (Å²) in [5.74, 6) is -6.15. The Balaban J connectivity index is 2.44. The molecular formula is C31H37ClF3N3O7. The summed E-state index contributed by atoms with van der Waals surface area (Å²) in [7, 11) is 1.40. The molecule has 2 aromatic carbocycles. The fourth-order valence-electron chi connectivity index (χ4n) is 4.08. The number of Topliss-reactive ketones (excluding diaryl/α,β-unsaturated/α-hetero) is 1. The van der Waals surface area contributed by atoms with Gasteiger partial charge in [-0.05, 0) is 69.0 Å². The smallest absolute Gasteiger partial charge is 0.452 e. The first-order valence-corrected chi connectivity index (χ1v) is 14.3. The third-order valence-corrected chi connectivity index (χ3v) is 6.53. The molecule has 0 radical (unpaired) electrons. The van der Waals surface area contributed by atoms with Gasteiger partial charge in [0.15, 0.2) is 0 Å². The maximum atomic E-state index is 13.6. The Morgan fingerprint density at radius 1 is 0.889 bits per heavy atom. The summed E-state index contributed by atoms with van der Waals surface area (Å²) in [6.07, 6.45) is -5.79. The molecule has 3 N–H and O–H groups in total. The highest BCUT2D eigenvalue weighted by atomic mass is 35.5. The normalized spacial score (nSPS) is 13.7. The summed E-state index contributed by atoms with van der Waals surface area (Å²) in [6, 6.07) is 6.63. The van der Waals surface area contributed by atoms with Gasteiger partial charge in [-0.3, -0.25) is 24.0 Å². The summed E-state index contributed by atoms with van der Waals surface area (Å²) in [5, 5.41) is 7.34. The summed E-state index contributed by atoms with van der Waals surface area (Å²) in [5.41, 5.74) is -0.583. The van der Waals surface area contributed by atoms with E-state index in [1.807, 2.05) is 0 Å². The number of ketones is 1. The van der Waals surface area contributed by atoms with Crippen molar-refractivity contribution >= 4 is 41.1 Å². The van der Waals surface area contributed by atoms with Crippen molar-refractivity contribution in [2.75, 3.05) is 7.11 Å². The van der Waals surface area contributed by atoms with Gasteiger partial charge in [-0.2, -0.15) is 13.2 Å². The molecule has 45 heavy (non-hydrogen) atoms. The summed E-state index contributed by atoms with van der Waals surface area (Å²) in [6.45, 7) is 7.62. The number of hydrogen-bond donors (Lipinski definition) is 3. The van der Waals surface area contributed by atoms with Crippen molar-refractivity contribution in [3.05, 3.63) is 64.7 Å². The fourth-order valence-corrected chi connectivity index (χ4v) is 4.27. The van der Waals surface area contributed by atoms with Crippen molar-refractivity contribution in [3.63, 3.8) is 0 Å². The molecule has 0 heterocycles. The second-order valence-corrected chi connectivity index (χ2v) is 11.9. The average Bonchev–Trinajstić information content (AvgIpc) is 2.94. The highest BCUT2D eigenvalue weighted by Crippen LogP contribution is 2.24. The van der Waals surface area contributed by atoms with Crippen molar-refractivity contribution < 1.29 is 46.6 Å². The van der Waals surface area contributed by atoms with Crippen LogP contribution in [0.3, 0.4) is 0 Å². The molecule has 0 aromatic heterocycles. The van der Waals surface area contributed by atoms with Crippen LogP contribution in [-0.4, -0.2) is 60.4 Å². The van der Waals surface area contributed by atoms with Crippen molar-refractivity contribution in [1.29, 1.82) is 0 Å². The maximum Gasteiger partial charge on any atom is 0.452 e. The van der Waals surface area contributed by atoms with Crippen LogP contribution < -0.4 is 20.7 Å². The number of ether oxygens (including phenoxy) is 2. The van der Waals surface area contributed by atoms with E-state index in [0.717, 1.165) is 0 Å². The molecule has 0 saturated heterocycles. The van der Waals surface area contributed by atoms with Crippen LogP contribution in [0.5, 0.6) is 5.75 Å². The van der Waals surface area contributed by atoms with E-state index in [0.29, 0.717) is 5.75 Å². The van der Waals surface area contributed by atoms with Crippen molar-refractivity contribution in [2.45, 2.75) is 77.4 Å². The lowest BCUT2D eigenvalue weighted by molar-refractivity contribution is -0.175. The maximum absolute atomic E-state index is 13.6. The number of rotatable bonds is 13. The van der Waals surface area contributed by atoms with Gasteiger partial charge in [0.25, 0.3) is 11.7 Å². The predicted molar refractivity (Wildman–Crippen MR) is 159 cm³/mol. The minimum atomic E-state index is -5.22. The van der Waals surface area contributed by atoms with E-state index < -0.39 is 65.3 Å². The lowest BCUT2D eigenvalue weighted by atomic mass is 9.97. The molecule has 0 aliphatic heterocycles. The van der Waals surface area contributed by atoms with E-state index in [9.17, 15) is 37.1 Å². The van der Waals surface area contributed by atoms with Gasteiger partial charge in [-0.1, -0.05) is 43.6 Å². The van der Waals surface area contributed by atoms with Gasteiger partial charge in [0, 0.05) is 17.0 Å². The number of methoxy groups -OCH3 is 1. The Hall–Kier alpha value is -4.13. The van der Waals surface area contributed by atoms with Gasteiger partial charge < -0.3 is 25.4 Å². The Morgan fingerprint density at radius 2 is 1.51 bits per heavy atom. The molecule has 2 aromatic rings. The average molecular weight is 656 g/mol. The minimum Gasteiger partial charge on any atom is -0.497 e. The number of halogens is 4. The Kier molecular flexibility index (Phi) is 13.0. The third-order valence-electron chi connectivity index (χ3n) is 6.29. The van der Waals surface area contributed by atoms with Crippen LogP contribution in [0.25, 0.3) is 0 Å². The quantitative estimate of drug-likeness (QED) is 0.266. The lowest BCUT2D eigenvalue weighted by Crippen LogP contribution is -2.54. The summed E-state index contributed by atoms with van der Waals surface area (Å²) < 4.78 is 50.3. The Morgan fingerprint density at radius 3 is 2.02 bits per heavy atom. The number of amides is 3. The second-order valence-electron chi connectivity index (χ2n) is 11.5. The molecule has 10 nitrogen and oxygen atoms in total. The second kappa shape index (κ2) is 15.7. The summed E-state index contributed by atoms with van der Waals surface area (Å²) in [4.78, 5) is 64.7. The number of benzene rings is 2. The van der Waals surface area contributed by atoms with Crippen molar-refractivity contribution in [2.24, 2.45) is 5.92 Å². The number of carbonyl (C=O) groups is 5. The SMILES string of the molecule is COc1ccc(C(NC(=O)C(CCC(=O)OC(C)(C)C)NC(=O)c2cccc(Cl)c2)C(=O)NC(C(=O)C(F)(F)F)C(C)C)cc1. The van der Waals surface area contributed by atoms with Crippen LogP contribution in [-0.2, 0) is 23.9 Å². The number of carbonyl (C=O) groups excluding carboxylic acids is 5. The minimum absolute atomic E-state index is 0.104. The van der Waals surface area contributed by atoms with E-state index in [-0.39, 0.29) is 29.0 Å². The van der Waals surface area contributed by atoms with Crippen molar-refractivity contribution in [3.8, 4) is 5.75 Å². The molecule has 0 bridgehead atoms. The molecule has 2 rings (SSSR count). The predicted octanol–water partition coefficient (Wildman–Crippen LogP) is 4.70. The Labute approximate surface area is 264 Å². The molecule has 0 spiro atoms. The first kappa shape index (κ1) is 37.1. The molecular weight excluding hydrogens is 619 g/mol. The van der Waals surface area contributed by atoms with Gasteiger partial charge in [0.05, 0.1) is 13.2 Å². The number of alkyl halides is 3. The lowest BCUT2D eigenvalue weighted by Gasteiger charge is -2.27. The van der Waals surface area contributed by atoms with E-state index in [1.165, 1.54) is 69.5 Å².